The summed E-state index contributed by atoms with van der Waals surface area (Å²) >= 11 is 8.68. The molecule has 0 unspecified atom stereocenters. The Kier molecular flexibility index (Phi) is 7.78. The van der Waals surface area contributed by atoms with E-state index in [0.29, 0.717) is 33.1 Å². The van der Waals surface area contributed by atoms with Crippen LogP contribution in [0.25, 0.3) is 17.1 Å². The Hall–Kier alpha value is -4.06. The first-order valence-corrected chi connectivity index (χ1v) is 13.5. The van der Waals surface area contributed by atoms with Gasteiger partial charge in [0.25, 0.3) is 5.69 Å². The molecule has 5 rings (SSSR count). The van der Waals surface area contributed by atoms with Crippen molar-refractivity contribution in [2.75, 3.05) is 11.1 Å². The van der Waals surface area contributed by atoms with Crippen molar-refractivity contribution in [1.82, 2.24) is 19.7 Å². The SMILES string of the molecule is O=C(CSc1nnc(-c2cccc([N+](=O)[O-])c2)n1-c1ccccc1)Nc1ncc(Cc2cccc(Cl)c2)s1. The molecule has 0 fully saturated rings. The van der Waals surface area contributed by atoms with E-state index in [9.17, 15) is 14.9 Å². The van der Waals surface area contributed by atoms with Gasteiger partial charge < -0.3 is 5.32 Å². The van der Waals surface area contributed by atoms with E-state index < -0.39 is 4.92 Å². The first-order chi connectivity index (χ1) is 18.5. The Morgan fingerprint density at radius 1 is 1.05 bits per heavy atom. The van der Waals surface area contributed by atoms with Crippen LogP contribution in [0.2, 0.25) is 5.02 Å². The van der Waals surface area contributed by atoms with E-state index in [1.807, 2.05) is 54.6 Å². The number of carbonyl (C=O) groups is 1. The van der Waals surface area contributed by atoms with E-state index in [1.165, 1.54) is 35.2 Å². The third kappa shape index (κ3) is 6.08. The normalized spacial score (nSPS) is 10.9. The number of rotatable bonds is 9. The lowest BCUT2D eigenvalue weighted by atomic mass is 10.1. The largest absolute Gasteiger partial charge is 0.301 e. The predicted octanol–water partition coefficient (Wildman–Crippen LogP) is 6.27. The number of nitrogens with one attached hydrogen (secondary N) is 1. The minimum absolute atomic E-state index is 0.0446. The van der Waals surface area contributed by atoms with Crippen molar-refractivity contribution in [3.05, 3.63) is 111 Å². The number of thiazole rings is 1. The average Bonchev–Trinajstić information content (AvgIpc) is 3.55. The van der Waals surface area contributed by atoms with E-state index in [2.05, 4.69) is 20.5 Å². The Labute approximate surface area is 230 Å². The third-order valence-electron chi connectivity index (χ3n) is 5.36. The molecule has 3 aromatic carbocycles. The van der Waals surface area contributed by atoms with Crippen LogP contribution in [-0.4, -0.2) is 36.3 Å². The first-order valence-electron chi connectivity index (χ1n) is 11.3. The van der Waals surface area contributed by atoms with Gasteiger partial charge in [0.1, 0.15) is 0 Å². The van der Waals surface area contributed by atoms with E-state index in [1.54, 1.807) is 22.9 Å². The molecule has 38 heavy (non-hydrogen) atoms. The molecule has 9 nitrogen and oxygen atoms in total. The summed E-state index contributed by atoms with van der Waals surface area (Å²) in [6, 6.07) is 23.2. The van der Waals surface area contributed by atoms with Crippen LogP contribution in [-0.2, 0) is 11.2 Å². The number of nitrogens with zero attached hydrogens (tertiary/aromatic N) is 5. The highest BCUT2D eigenvalue weighted by Gasteiger charge is 2.19. The number of hydrogen-bond acceptors (Lipinski definition) is 8. The minimum atomic E-state index is -0.453. The second-order valence-electron chi connectivity index (χ2n) is 8.06. The van der Waals surface area contributed by atoms with Crippen molar-refractivity contribution < 1.29 is 9.72 Å². The summed E-state index contributed by atoms with van der Waals surface area (Å²) in [5, 5.41) is 24.4. The first kappa shape index (κ1) is 25.6. The molecule has 0 saturated heterocycles. The summed E-state index contributed by atoms with van der Waals surface area (Å²) in [6.07, 6.45) is 2.41. The monoisotopic (exact) mass is 562 g/mol. The van der Waals surface area contributed by atoms with E-state index in [0.717, 1.165) is 16.1 Å². The Morgan fingerprint density at radius 2 is 1.87 bits per heavy atom. The topological polar surface area (TPSA) is 116 Å². The summed E-state index contributed by atoms with van der Waals surface area (Å²) in [6.45, 7) is 0. The average molecular weight is 563 g/mol. The number of amides is 1. The molecular formula is C26H19ClN6O3S2. The number of carbonyl (C=O) groups excluding carboxylic acids is 1. The van der Waals surface area contributed by atoms with Crippen LogP contribution in [0.5, 0.6) is 0 Å². The highest BCUT2D eigenvalue weighted by atomic mass is 35.5. The van der Waals surface area contributed by atoms with Crippen LogP contribution >= 0.6 is 34.7 Å². The fourth-order valence-electron chi connectivity index (χ4n) is 3.70. The molecule has 0 aliphatic carbocycles. The molecule has 0 atom stereocenters. The smallest absolute Gasteiger partial charge is 0.270 e. The Bertz CT molecular complexity index is 1610. The highest BCUT2D eigenvalue weighted by Crippen LogP contribution is 2.30. The molecule has 1 N–H and O–H groups in total. The lowest BCUT2D eigenvalue weighted by molar-refractivity contribution is -0.384. The second kappa shape index (κ2) is 11.5. The number of para-hydroxylation sites is 1. The van der Waals surface area contributed by atoms with Crippen molar-refractivity contribution in [3.63, 3.8) is 0 Å². The molecule has 12 heteroatoms. The molecule has 0 aliphatic rings. The van der Waals surface area contributed by atoms with Gasteiger partial charge in [0.15, 0.2) is 16.1 Å². The summed E-state index contributed by atoms with van der Waals surface area (Å²) in [4.78, 5) is 28.9. The lowest BCUT2D eigenvalue weighted by Gasteiger charge is -2.10. The van der Waals surface area contributed by atoms with Gasteiger partial charge in [-0.3, -0.25) is 19.5 Å². The third-order valence-corrected chi connectivity index (χ3v) is 7.44. The molecule has 0 saturated carbocycles. The maximum absolute atomic E-state index is 12.7. The number of hydrogen-bond donors (Lipinski definition) is 1. The number of aromatic nitrogens is 4. The van der Waals surface area contributed by atoms with Crippen LogP contribution in [0.3, 0.4) is 0 Å². The van der Waals surface area contributed by atoms with Gasteiger partial charge in [0.2, 0.25) is 5.91 Å². The van der Waals surface area contributed by atoms with Gasteiger partial charge >= 0.3 is 0 Å². The quantitative estimate of drug-likeness (QED) is 0.128. The van der Waals surface area contributed by atoms with Gasteiger partial charge in [0, 0.05) is 45.9 Å². The molecule has 5 aromatic rings. The Balaban J connectivity index is 1.31. The summed E-state index contributed by atoms with van der Waals surface area (Å²) in [5.41, 5.74) is 2.33. The van der Waals surface area contributed by atoms with Crippen LogP contribution in [0, 0.1) is 10.1 Å². The number of anilines is 1. The number of nitro groups is 1. The van der Waals surface area contributed by atoms with Crippen molar-refractivity contribution >= 4 is 51.4 Å². The van der Waals surface area contributed by atoms with Gasteiger partial charge in [-0.25, -0.2) is 4.98 Å². The molecule has 2 heterocycles. The maximum Gasteiger partial charge on any atom is 0.270 e. The predicted molar refractivity (Wildman–Crippen MR) is 149 cm³/mol. The van der Waals surface area contributed by atoms with Gasteiger partial charge in [-0.2, -0.15) is 0 Å². The van der Waals surface area contributed by atoms with Gasteiger partial charge in [0.05, 0.1) is 10.7 Å². The number of non-ortho nitro benzene ring substituents is 1. The highest BCUT2D eigenvalue weighted by molar-refractivity contribution is 7.99. The second-order valence-corrected chi connectivity index (χ2v) is 10.6. The van der Waals surface area contributed by atoms with Crippen LogP contribution in [0.15, 0.2) is 90.2 Å². The fourth-order valence-corrected chi connectivity index (χ4v) is 5.53. The summed E-state index contributed by atoms with van der Waals surface area (Å²) < 4.78 is 1.78. The number of halogens is 1. The number of nitro benzene ring substituents is 1. The van der Waals surface area contributed by atoms with Crippen LogP contribution in [0.1, 0.15) is 10.4 Å². The molecule has 0 spiro atoms. The van der Waals surface area contributed by atoms with E-state index in [4.69, 9.17) is 11.6 Å². The van der Waals surface area contributed by atoms with Crippen LogP contribution in [0.4, 0.5) is 10.8 Å². The van der Waals surface area contributed by atoms with Crippen molar-refractivity contribution in [1.29, 1.82) is 0 Å². The summed E-state index contributed by atoms with van der Waals surface area (Å²) in [7, 11) is 0. The lowest BCUT2D eigenvalue weighted by Crippen LogP contribution is -2.14. The molecule has 0 aliphatic heterocycles. The van der Waals surface area contributed by atoms with Gasteiger partial charge in [-0.05, 0) is 29.8 Å². The standard InChI is InChI=1S/C26H19ClN6O3S2/c27-19-8-4-6-17(12-19)13-22-15-28-25(38-22)29-23(34)16-37-26-31-30-24(32(26)20-9-2-1-3-10-20)18-7-5-11-21(14-18)33(35)36/h1-12,14-15H,13,16H2,(H,28,29,34). The molecule has 0 bridgehead atoms. The zero-order chi connectivity index (χ0) is 26.5. The van der Waals surface area contributed by atoms with Gasteiger partial charge in [-0.1, -0.05) is 65.8 Å². The van der Waals surface area contributed by atoms with Crippen LogP contribution < -0.4 is 5.32 Å². The van der Waals surface area contributed by atoms with Crippen molar-refractivity contribution in [2.24, 2.45) is 0 Å². The van der Waals surface area contributed by atoms with E-state index in [-0.39, 0.29) is 17.3 Å². The van der Waals surface area contributed by atoms with Gasteiger partial charge in [-0.15, -0.1) is 21.5 Å². The van der Waals surface area contributed by atoms with E-state index >= 15 is 0 Å². The zero-order valence-corrected chi connectivity index (χ0v) is 22.0. The fraction of sp³-hybridized carbons (Fsp3) is 0.0769. The molecule has 1 amide bonds. The minimum Gasteiger partial charge on any atom is -0.301 e. The Morgan fingerprint density at radius 3 is 2.66 bits per heavy atom. The molecule has 0 radical (unpaired) electrons. The molecular weight excluding hydrogens is 544 g/mol. The van der Waals surface area contributed by atoms with Crippen molar-refractivity contribution in [2.45, 2.75) is 11.6 Å². The summed E-state index contributed by atoms with van der Waals surface area (Å²) in [5.74, 6) is 0.273. The maximum atomic E-state index is 12.7. The molecule has 2 aromatic heterocycles. The number of thioether (sulfide) groups is 1. The number of benzene rings is 3. The zero-order valence-electron chi connectivity index (χ0n) is 19.7. The molecule has 190 valence electrons. The van der Waals surface area contributed by atoms with Crippen molar-refractivity contribution in [3.8, 4) is 17.1 Å².